The molecule has 0 aromatic rings. The zero-order valence-corrected chi connectivity index (χ0v) is 9.17. The van der Waals surface area contributed by atoms with Crippen LogP contribution in [0.4, 0.5) is 0 Å². The predicted molar refractivity (Wildman–Crippen MR) is 54.5 cm³/mol. The summed E-state index contributed by atoms with van der Waals surface area (Å²) >= 11 is 0. The normalized spacial score (nSPS) is 40.6. The van der Waals surface area contributed by atoms with E-state index in [0.717, 1.165) is 11.7 Å². The average molecular weight is 194 g/mol. The topological polar surface area (TPSA) is 26.3 Å². The van der Waals surface area contributed by atoms with E-state index in [1.165, 1.54) is 26.2 Å². The molecule has 1 fully saturated rings. The number of allylic oxidation sites excluding steroid dienone is 2. The summed E-state index contributed by atoms with van der Waals surface area (Å²) in [5.41, 5.74) is 0.294. The van der Waals surface area contributed by atoms with Crippen molar-refractivity contribution in [3.63, 3.8) is 0 Å². The van der Waals surface area contributed by atoms with Gasteiger partial charge in [-0.25, -0.2) is 0 Å². The Hall–Kier alpha value is -0.790. The van der Waals surface area contributed by atoms with Crippen LogP contribution in [0.1, 0.15) is 40.0 Å². The Morgan fingerprint density at radius 3 is 3.00 bits per heavy atom. The fourth-order valence-electron chi connectivity index (χ4n) is 2.87. The largest absolute Gasteiger partial charge is 0.431 e. The van der Waals surface area contributed by atoms with E-state index < -0.39 is 0 Å². The summed E-state index contributed by atoms with van der Waals surface area (Å²) < 4.78 is 5.27. The number of hydrogen-bond donors (Lipinski definition) is 0. The predicted octanol–water partition coefficient (Wildman–Crippen LogP) is 2.89. The van der Waals surface area contributed by atoms with Gasteiger partial charge in [-0.05, 0) is 36.7 Å². The van der Waals surface area contributed by atoms with Crippen molar-refractivity contribution < 1.29 is 9.53 Å². The van der Waals surface area contributed by atoms with Crippen LogP contribution in [0, 0.1) is 17.3 Å². The van der Waals surface area contributed by atoms with Gasteiger partial charge in [-0.2, -0.15) is 0 Å². The molecule has 0 aliphatic heterocycles. The maximum atomic E-state index is 10.9. The van der Waals surface area contributed by atoms with E-state index in [-0.39, 0.29) is 5.97 Å². The molecule has 0 saturated heterocycles. The monoisotopic (exact) mass is 194 g/mol. The van der Waals surface area contributed by atoms with E-state index in [0.29, 0.717) is 11.3 Å². The van der Waals surface area contributed by atoms with Crippen LogP contribution >= 0.6 is 0 Å². The lowest BCUT2D eigenvalue weighted by atomic mass is 9.77. The highest BCUT2D eigenvalue weighted by Gasteiger charge is 2.42. The smallest absolute Gasteiger partial charge is 0.307 e. The fourth-order valence-corrected chi connectivity index (χ4v) is 2.87. The Kier molecular flexibility index (Phi) is 2.17. The van der Waals surface area contributed by atoms with E-state index in [9.17, 15) is 4.79 Å². The summed E-state index contributed by atoms with van der Waals surface area (Å²) in [5.74, 6) is 1.87. The van der Waals surface area contributed by atoms with Crippen LogP contribution in [0.25, 0.3) is 0 Å². The second kappa shape index (κ2) is 3.11. The summed E-state index contributed by atoms with van der Waals surface area (Å²) in [4.78, 5) is 10.9. The molecule has 78 valence electrons. The molecule has 0 aromatic carbocycles. The minimum atomic E-state index is -0.187. The fraction of sp³-hybridized carbons (Fsp3) is 0.750. The number of ether oxygens (including phenoxy) is 1. The Labute approximate surface area is 85.3 Å². The third-order valence-corrected chi connectivity index (χ3v) is 3.72. The SMILES string of the molecule is CC(=O)OC1=C[C@@]2(C)CC[C@@H](C2)[C@@H]1C. The van der Waals surface area contributed by atoms with Crippen LogP contribution < -0.4 is 0 Å². The molecular weight excluding hydrogens is 176 g/mol. The van der Waals surface area contributed by atoms with Gasteiger partial charge in [0, 0.05) is 12.8 Å². The van der Waals surface area contributed by atoms with Gasteiger partial charge in [-0.15, -0.1) is 0 Å². The van der Waals surface area contributed by atoms with Crippen LogP contribution in [0.15, 0.2) is 11.8 Å². The molecule has 3 atom stereocenters. The van der Waals surface area contributed by atoms with Gasteiger partial charge >= 0.3 is 5.97 Å². The van der Waals surface area contributed by atoms with E-state index in [4.69, 9.17) is 4.74 Å². The van der Waals surface area contributed by atoms with Crippen molar-refractivity contribution in [2.45, 2.75) is 40.0 Å². The highest BCUT2D eigenvalue weighted by atomic mass is 16.5. The molecule has 14 heavy (non-hydrogen) atoms. The molecule has 0 aromatic heterocycles. The van der Waals surface area contributed by atoms with Crippen LogP contribution in [-0.4, -0.2) is 5.97 Å². The lowest BCUT2D eigenvalue weighted by molar-refractivity contribution is -0.138. The third kappa shape index (κ3) is 1.58. The Bertz CT molecular complexity index is 293. The summed E-state index contributed by atoms with van der Waals surface area (Å²) in [5, 5.41) is 0. The molecule has 0 heterocycles. The molecule has 0 N–H and O–H groups in total. The minimum absolute atomic E-state index is 0.187. The van der Waals surface area contributed by atoms with Crippen molar-refractivity contribution in [1.29, 1.82) is 0 Å². The van der Waals surface area contributed by atoms with Gasteiger partial charge in [0.25, 0.3) is 0 Å². The van der Waals surface area contributed by atoms with Gasteiger partial charge < -0.3 is 4.74 Å². The lowest BCUT2D eigenvalue weighted by Crippen LogP contribution is -2.23. The molecular formula is C12H18O2. The summed E-state index contributed by atoms with van der Waals surface area (Å²) in [7, 11) is 0. The van der Waals surface area contributed by atoms with Crippen LogP contribution in [0.3, 0.4) is 0 Å². The van der Waals surface area contributed by atoms with Crippen molar-refractivity contribution in [3.8, 4) is 0 Å². The number of rotatable bonds is 1. The Balaban J connectivity index is 2.23. The highest BCUT2D eigenvalue weighted by Crippen LogP contribution is 2.52. The minimum Gasteiger partial charge on any atom is -0.431 e. The summed E-state index contributed by atoms with van der Waals surface area (Å²) in [6.07, 6.45) is 5.97. The number of hydrogen-bond acceptors (Lipinski definition) is 2. The zero-order valence-electron chi connectivity index (χ0n) is 9.17. The van der Waals surface area contributed by atoms with E-state index in [1.807, 2.05) is 0 Å². The molecule has 0 amide bonds. The van der Waals surface area contributed by atoms with Gasteiger partial charge in [-0.1, -0.05) is 13.8 Å². The molecule has 2 rings (SSSR count). The van der Waals surface area contributed by atoms with Gasteiger partial charge in [0.1, 0.15) is 5.76 Å². The molecule has 1 saturated carbocycles. The lowest BCUT2D eigenvalue weighted by Gasteiger charge is -2.31. The molecule has 2 heteroatoms. The van der Waals surface area contributed by atoms with Crippen molar-refractivity contribution in [2.75, 3.05) is 0 Å². The number of esters is 1. The molecule has 2 aliphatic rings. The number of carbonyl (C=O) groups is 1. The first kappa shape index (κ1) is 9.75. The molecule has 0 radical (unpaired) electrons. The molecule has 0 unspecified atom stereocenters. The first-order chi connectivity index (χ1) is 6.50. The second-order valence-corrected chi connectivity index (χ2v) is 5.09. The van der Waals surface area contributed by atoms with Crippen LogP contribution in [0.5, 0.6) is 0 Å². The van der Waals surface area contributed by atoms with Crippen LogP contribution in [0.2, 0.25) is 0 Å². The highest BCUT2D eigenvalue weighted by molar-refractivity contribution is 5.67. The van der Waals surface area contributed by atoms with Gasteiger partial charge in [0.05, 0.1) is 0 Å². The van der Waals surface area contributed by atoms with E-state index in [1.54, 1.807) is 0 Å². The maximum absolute atomic E-state index is 10.9. The molecule has 0 spiro atoms. The maximum Gasteiger partial charge on any atom is 0.307 e. The first-order valence-corrected chi connectivity index (χ1v) is 5.41. The van der Waals surface area contributed by atoms with Gasteiger partial charge in [-0.3, -0.25) is 4.79 Å². The average Bonchev–Trinajstić information content (AvgIpc) is 2.40. The van der Waals surface area contributed by atoms with Crippen LogP contribution in [-0.2, 0) is 9.53 Å². The van der Waals surface area contributed by atoms with E-state index >= 15 is 0 Å². The first-order valence-electron chi connectivity index (χ1n) is 5.41. The summed E-state index contributed by atoms with van der Waals surface area (Å²) in [6.45, 7) is 5.92. The third-order valence-electron chi connectivity index (χ3n) is 3.72. The molecule has 2 nitrogen and oxygen atoms in total. The number of carbonyl (C=O) groups excluding carboxylic acids is 1. The Morgan fingerprint density at radius 1 is 1.64 bits per heavy atom. The van der Waals surface area contributed by atoms with E-state index in [2.05, 4.69) is 19.9 Å². The molecule has 2 aliphatic carbocycles. The zero-order chi connectivity index (χ0) is 10.3. The van der Waals surface area contributed by atoms with Crippen molar-refractivity contribution in [3.05, 3.63) is 11.8 Å². The quantitative estimate of drug-likeness (QED) is 0.600. The van der Waals surface area contributed by atoms with Crippen molar-refractivity contribution in [2.24, 2.45) is 17.3 Å². The summed E-state index contributed by atoms with van der Waals surface area (Å²) in [6, 6.07) is 0. The van der Waals surface area contributed by atoms with Crippen molar-refractivity contribution in [1.82, 2.24) is 0 Å². The van der Waals surface area contributed by atoms with Gasteiger partial charge in [0.15, 0.2) is 0 Å². The van der Waals surface area contributed by atoms with Crippen molar-refractivity contribution >= 4 is 5.97 Å². The molecule has 2 bridgehead atoms. The van der Waals surface area contributed by atoms with Gasteiger partial charge in [0.2, 0.25) is 0 Å². The number of fused-ring (bicyclic) bond motifs is 2. The second-order valence-electron chi connectivity index (χ2n) is 5.09. The standard InChI is InChI=1S/C12H18O2/c1-8-10-4-5-12(3,6-10)7-11(8)14-9(2)13/h7-8,10H,4-6H2,1-3H3/t8-,10-,12-/m0/s1. The Morgan fingerprint density at radius 2 is 2.36 bits per heavy atom.